The minimum atomic E-state index is -3.00. The normalized spacial score (nSPS) is 19.0. The molecule has 0 bridgehead atoms. The molecule has 0 radical (unpaired) electrons. The van der Waals surface area contributed by atoms with Crippen LogP contribution in [0.15, 0.2) is 41.1 Å². The van der Waals surface area contributed by atoms with E-state index in [9.17, 15) is 12.8 Å². The molecule has 2 unspecified atom stereocenters. The van der Waals surface area contributed by atoms with Gasteiger partial charge in [0.25, 0.3) is 0 Å². The number of hydrogen-bond acceptors (Lipinski definition) is 7. The first-order valence-corrected chi connectivity index (χ1v) is 12.7. The van der Waals surface area contributed by atoms with Crippen LogP contribution in [0.1, 0.15) is 25.1 Å². The molecule has 32 heavy (non-hydrogen) atoms. The molecule has 166 valence electrons. The van der Waals surface area contributed by atoms with Gasteiger partial charge in [0.05, 0.1) is 33.4 Å². The van der Waals surface area contributed by atoms with Crippen molar-refractivity contribution in [1.29, 1.82) is 0 Å². The summed E-state index contributed by atoms with van der Waals surface area (Å²) in [5.41, 5.74) is 9.65. The fourth-order valence-corrected chi connectivity index (χ4v) is 6.40. The minimum absolute atomic E-state index is 0.115. The summed E-state index contributed by atoms with van der Waals surface area (Å²) >= 11 is 3.52. The van der Waals surface area contributed by atoms with E-state index < -0.39 is 9.84 Å². The average Bonchev–Trinajstić information content (AvgIpc) is 3.32. The Labute approximate surface area is 192 Å². The molecule has 0 aliphatic carbocycles. The molecule has 1 aromatic carbocycles. The second-order valence-electron chi connectivity index (χ2n) is 8.04. The zero-order valence-corrected chi connectivity index (χ0v) is 19.5. The van der Waals surface area contributed by atoms with E-state index >= 15 is 0 Å². The molecule has 4 aromatic rings. The molecular weight excluding hydrogens is 499 g/mol. The molecule has 3 N–H and O–H groups in total. The number of nitrogen functional groups attached to an aromatic ring is 1. The lowest BCUT2D eigenvalue weighted by atomic mass is 10.1. The number of sulfone groups is 1. The summed E-state index contributed by atoms with van der Waals surface area (Å²) in [5.74, 6) is 0.349. The van der Waals surface area contributed by atoms with Gasteiger partial charge >= 0.3 is 0 Å². The van der Waals surface area contributed by atoms with Crippen molar-refractivity contribution in [1.82, 2.24) is 24.9 Å². The smallest absolute Gasteiger partial charge is 0.165 e. The molecule has 5 rings (SSSR count). The fourth-order valence-electron chi connectivity index (χ4n) is 4.11. The van der Waals surface area contributed by atoms with Crippen molar-refractivity contribution in [3.05, 3.63) is 52.6 Å². The van der Waals surface area contributed by atoms with Crippen LogP contribution in [0.5, 0.6) is 0 Å². The zero-order valence-electron chi connectivity index (χ0n) is 17.1. The maximum Gasteiger partial charge on any atom is 0.165 e. The van der Waals surface area contributed by atoms with Gasteiger partial charge in [-0.05, 0) is 53.5 Å². The number of rotatable bonds is 4. The highest BCUT2D eigenvalue weighted by molar-refractivity contribution is 9.10. The van der Waals surface area contributed by atoms with Crippen LogP contribution in [0.2, 0.25) is 0 Å². The van der Waals surface area contributed by atoms with Crippen LogP contribution < -0.4 is 11.1 Å². The van der Waals surface area contributed by atoms with E-state index in [4.69, 9.17) is 10.7 Å². The van der Waals surface area contributed by atoms with E-state index in [1.807, 2.05) is 13.0 Å². The first-order valence-electron chi connectivity index (χ1n) is 10.1. The average molecular weight is 519 g/mol. The Morgan fingerprint density at radius 2 is 2.12 bits per heavy atom. The van der Waals surface area contributed by atoms with Crippen LogP contribution in [0.3, 0.4) is 0 Å². The number of nitrogens with two attached hydrogens (primary N) is 1. The lowest BCUT2D eigenvalue weighted by Gasteiger charge is -2.20. The molecule has 1 aliphatic rings. The second kappa shape index (κ2) is 7.75. The lowest BCUT2D eigenvalue weighted by molar-refractivity contribution is 0.476. The molecule has 1 fully saturated rings. The Hall–Kier alpha value is -2.63. The monoisotopic (exact) mass is 518 g/mol. The molecule has 2 atom stereocenters. The predicted octanol–water partition coefficient (Wildman–Crippen LogP) is 3.27. The number of anilines is 1. The highest BCUT2D eigenvalue weighted by Crippen LogP contribution is 2.33. The van der Waals surface area contributed by atoms with Crippen LogP contribution in [0.25, 0.3) is 27.7 Å². The summed E-state index contributed by atoms with van der Waals surface area (Å²) in [6.07, 6.45) is 3.92. The largest absolute Gasteiger partial charge is 0.383 e. The van der Waals surface area contributed by atoms with Crippen molar-refractivity contribution in [2.24, 2.45) is 0 Å². The highest BCUT2D eigenvalue weighted by Gasteiger charge is 2.30. The maximum absolute atomic E-state index is 13.7. The Morgan fingerprint density at radius 3 is 2.88 bits per heavy atom. The SMILES string of the molecule is CC(NC1CCS(=O)(=O)C1)c1nc2c(-c3cnc4ccc(F)cc4c3)cnn2c(N)c1Br. The maximum atomic E-state index is 13.7. The van der Waals surface area contributed by atoms with E-state index in [-0.39, 0.29) is 29.4 Å². The van der Waals surface area contributed by atoms with Gasteiger partial charge in [-0.15, -0.1) is 0 Å². The molecule has 0 saturated carbocycles. The summed E-state index contributed by atoms with van der Waals surface area (Å²) in [6.45, 7) is 1.92. The first-order chi connectivity index (χ1) is 15.2. The van der Waals surface area contributed by atoms with Gasteiger partial charge in [-0.25, -0.2) is 17.8 Å². The predicted molar refractivity (Wildman–Crippen MR) is 124 cm³/mol. The van der Waals surface area contributed by atoms with Gasteiger partial charge in [-0.3, -0.25) is 4.98 Å². The van der Waals surface area contributed by atoms with E-state index in [0.29, 0.717) is 44.5 Å². The molecule has 0 spiro atoms. The van der Waals surface area contributed by atoms with E-state index in [1.165, 1.54) is 16.6 Å². The summed E-state index contributed by atoms with van der Waals surface area (Å²) in [4.78, 5) is 9.23. The third-order valence-electron chi connectivity index (χ3n) is 5.73. The standard InChI is InChI=1S/C21H20BrFN6O2S/c1-11(27-15-4-5-32(30,31)10-15)19-18(22)20(24)29-21(28-19)16(9-26-29)13-6-12-7-14(23)2-3-17(12)25-8-13/h2-3,6-9,11,15,27H,4-5,10,24H2,1H3. The Balaban J connectivity index is 1.57. The van der Waals surface area contributed by atoms with Gasteiger partial charge in [-0.1, -0.05) is 0 Å². The highest BCUT2D eigenvalue weighted by atomic mass is 79.9. The van der Waals surface area contributed by atoms with Crippen LogP contribution in [-0.2, 0) is 9.84 Å². The number of nitrogens with zero attached hydrogens (tertiary/aromatic N) is 4. The van der Waals surface area contributed by atoms with Crippen LogP contribution >= 0.6 is 15.9 Å². The second-order valence-corrected chi connectivity index (χ2v) is 11.1. The van der Waals surface area contributed by atoms with Crippen molar-refractivity contribution in [3.8, 4) is 11.1 Å². The van der Waals surface area contributed by atoms with Gasteiger partial charge < -0.3 is 11.1 Å². The van der Waals surface area contributed by atoms with E-state index in [0.717, 1.165) is 5.56 Å². The molecule has 0 amide bonds. The minimum Gasteiger partial charge on any atom is -0.383 e. The summed E-state index contributed by atoms with van der Waals surface area (Å²) in [7, 11) is -3.00. The summed E-state index contributed by atoms with van der Waals surface area (Å²) in [5, 5.41) is 8.40. The van der Waals surface area contributed by atoms with Gasteiger partial charge in [0.1, 0.15) is 11.6 Å². The Morgan fingerprint density at radius 1 is 1.31 bits per heavy atom. The van der Waals surface area contributed by atoms with E-state index in [1.54, 1.807) is 18.5 Å². The van der Waals surface area contributed by atoms with Crippen molar-refractivity contribution >= 4 is 48.1 Å². The summed E-state index contributed by atoms with van der Waals surface area (Å²) in [6, 6.07) is 5.90. The fraction of sp³-hybridized carbons (Fsp3) is 0.286. The molecule has 1 aliphatic heterocycles. The molecule has 3 aromatic heterocycles. The van der Waals surface area contributed by atoms with Gasteiger partial charge in [0, 0.05) is 34.8 Å². The van der Waals surface area contributed by atoms with Crippen molar-refractivity contribution in [2.75, 3.05) is 17.2 Å². The van der Waals surface area contributed by atoms with Gasteiger partial charge in [0.15, 0.2) is 15.5 Å². The Bertz CT molecular complexity index is 1470. The van der Waals surface area contributed by atoms with Crippen molar-refractivity contribution in [2.45, 2.75) is 25.4 Å². The third-order valence-corrected chi connectivity index (χ3v) is 8.31. The molecule has 1 saturated heterocycles. The number of hydrogen-bond donors (Lipinski definition) is 2. The molecule has 4 heterocycles. The quantitative estimate of drug-likeness (QED) is 0.425. The van der Waals surface area contributed by atoms with Crippen LogP contribution in [-0.4, -0.2) is 45.5 Å². The third kappa shape index (κ3) is 3.74. The van der Waals surface area contributed by atoms with Crippen LogP contribution in [0.4, 0.5) is 10.2 Å². The first kappa shape index (κ1) is 21.2. The number of halogens is 2. The Kier molecular flexibility index (Phi) is 5.14. The summed E-state index contributed by atoms with van der Waals surface area (Å²) < 4.78 is 39.4. The van der Waals surface area contributed by atoms with Crippen LogP contribution in [0, 0.1) is 5.82 Å². The molecule has 8 nitrogen and oxygen atoms in total. The number of pyridine rings is 1. The number of aromatic nitrogens is 4. The number of fused-ring (bicyclic) bond motifs is 2. The zero-order chi connectivity index (χ0) is 22.6. The lowest BCUT2D eigenvalue weighted by Crippen LogP contribution is -2.33. The van der Waals surface area contributed by atoms with E-state index in [2.05, 4.69) is 31.3 Å². The molecule has 11 heteroatoms. The van der Waals surface area contributed by atoms with Gasteiger partial charge in [-0.2, -0.15) is 9.61 Å². The van der Waals surface area contributed by atoms with Crippen molar-refractivity contribution in [3.63, 3.8) is 0 Å². The van der Waals surface area contributed by atoms with Crippen molar-refractivity contribution < 1.29 is 12.8 Å². The number of nitrogens with one attached hydrogen (secondary N) is 1. The molecular formula is C21H20BrFN6O2S. The number of benzene rings is 1. The van der Waals surface area contributed by atoms with Gasteiger partial charge in [0.2, 0.25) is 0 Å². The topological polar surface area (TPSA) is 115 Å².